The minimum absolute atomic E-state index is 0.0651. The summed E-state index contributed by atoms with van der Waals surface area (Å²) < 4.78 is 16.0. The first-order valence-corrected chi connectivity index (χ1v) is 8.74. The Balaban J connectivity index is 1.85. The number of non-ortho nitro benzene ring substituents is 1. The van der Waals surface area contributed by atoms with E-state index >= 15 is 0 Å². The molecule has 0 saturated carbocycles. The number of ether oxygens (including phenoxy) is 3. The summed E-state index contributed by atoms with van der Waals surface area (Å²) in [6, 6.07) is 18.0. The molecule has 0 atom stereocenters. The fourth-order valence-electron chi connectivity index (χ4n) is 2.76. The molecule has 29 heavy (non-hydrogen) atoms. The van der Waals surface area contributed by atoms with E-state index in [1.165, 1.54) is 18.2 Å². The van der Waals surface area contributed by atoms with Crippen molar-refractivity contribution in [3.8, 4) is 28.4 Å². The van der Waals surface area contributed by atoms with Gasteiger partial charge in [-0.15, -0.1) is 0 Å². The number of carbonyl (C=O) groups excluding carboxylic acids is 1. The number of nitro groups is 1. The van der Waals surface area contributed by atoms with E-state index in [-0.39, 0.29) is 18.1 Å². The molecule has 0 amide bonds. The van der Waals surface area contributed by atoms with Gasteiger partial charge in [-0.2, -0.15) is 0 Å². The SMILES string of the molecule is COc1ccc(C(=O)COc2ccc([N+](=O)[O-])cc2-c2ccc(OC)cc2)cc1. The van der Waals surface area contributed by atoms with E-state index < -0.39 is 4.92 Å². The van der Waals surface area contributed by atoms with Gasteiger partial charge in [0.05, 0.1) is 19.1 Å². The van der Waals surface area contributed by atoms with E-state index in [1.54, 1.807) is 62.8 Å². The van der Waals surface area contributed by atoms with Crippen LogP contribution in [-0.2, 0) is 0 Å². The minimum atomic E-state index is -0.473. The molecular formula is C22H19NO6. The summed E-state index contributed by atoms with van der Waals surface area (Å²) in [6.45, 7) is -0.201. The van der Waals surface area contributed by atoms with Crippen LogP contribution < -0.4 is 14.2 Å². The van der Waals surface area contributed by atoms with Crippen LogP contribution in [-0.4, -0.2) is 31.5 Å². The topological polar surface area (TPSA) is 87.9 Å². The molecule has 0 radical (unpaired) electrons. The van der Waals surface area contributed by atoms with Crippen LogP contribution in [0, 0.1) is 10.1 Å². The van der Waals surface area contributed by atoms with Crippen molar-refractivity contribution in [1.29, 1.82) is 0 Å². The Morgan fingerprint density at radius 2 is 1.48 bits per heavy atom. The zero-order chi connectivity index (χ0) is 20.8. The van der Waals surface area contributed by atoms with E-state index in [0.717, 1.165) is 0 Å². The third kappa shape index (κ3) is 4.70. The van der Waals surface area contributed by atoms with E-state index in [1.807, 2.05) is 0 Å². The molecule has 0 heterocycles. The van der Waals surface area contributed by atoms with E-state index in [9.17, 15) is 14.9 Å². The lowest BCUT2D eigenvalue weighted by molar-refractivity contribution is -0.384. The van der Waals surface area contributed by atoms with Crippen LogP contribution in [0.25, 0.3) is 11.1 Å². The molecule has 0 bridgehead atoms. The highest BCUT2D eigenvalue weighted by molar-refractivity contribution is 5.97. The first-order valence-electron chi connectivity index (χ1n) is 8.74. The lowest BCUT2D eigenvalue weighted by Gasteiger charge is -2.12. The van der Waals surface area contributed by atoms with Crippen molar-refractivity contribution in [2.45, 2.75) is 0 Å². The molecule has 0 unspecified atom stereocenters. The number of nitrogens with zero attached hydrogens (tertiary/aromatic N) is 1. The van der Waals surface area contributed by atoms with Gasteiger partial charge in [-0.3, -0.25) is 14.9 Å². The number of nitro benzene ring substituents is 1. The van der Waals surface area contributed by atoms with Crippen LogP contribution in [0.15, 0.2) is 66.7 Å². The molecule has 0 spiro atoms. The van der Waals surface area contributed by atoms with E-state index in [0.29, 0.717) is 33.9 Å². The number of hydrogen-bond donors (Lipinski definition) is 0. The first-order chi connectivity index (χ1) is 14.0. The fraction of sp³-hybridized carbons (Fsp3) is 0.136. The number of ketones is 1. The molecule has 7 heteroatoms. The molecule has 3 aromatic rings. The molecule has 0 fully saturated rings. The van der Waals surface area contributed by atoms with Gasteiger partial charge in [0.25, 0.3) is 5.69 Å². The Morgan fingerprint density at radius 3 is 2.03 bits per heavy atom. The van der Waals surface area contributed by atoms with Gasteiger partial charge >= 0.3 is 0 Å². The molecule has 0 aliphatic carbocycles. The van der Waals surface area contributed by atoms with Gasteiger partial charge in [0.1, 0.15) is 17.2 Å². The van der Waals surface area contributed by atoms with Gasteiger partial charge in [0.2, 0.25) is 0 Å². The highest BCUT2D eigenvalue weighted by Crippen LogP contribution is 2.34. The number of benzene rings is 3. The monoisotopic (exact) mass is 393 g/mol. The summed E-state index contributed by atoms with van der Waals surface area (Å²) in [5.41, 5.74) is 1.65. The second-order valence-corrected chi connectivity index (χ2v) is 6.11. The largest absolute Gasteiger partial charge is 0.497 e. The Labute approximate surface area is 167 Å². The summed E-state index contributed by atoms with van der Waals surface area (Å²) in [5.74, 6) is 1.48. The van der Waals surface area contributed by atoms with Crippen molar-refractivity contribution < 1.29 is 23.9 Å². The highest BCUT2D eigenvalue weighted by atomic mass is 16.6. The number of Topliss-reactive ketones (excluding diaryl/α,β-unsaturated/α-hetero) is 1. The smallest absolute Gasteiger partial charge is 0.270 e. The van der Waals surface area contributed by atoms with Crippen molar-refractivity contribution in [1.82, 2.24) is 0 Å². The third-order valence-electron chi connectivity index (χ3n) is 4.35. The molecule has 148 valence electrons. The lowest BCUT2D eigenvalue weighted by Crippen LogP contribution is -2.12. The van der Waals surface area contributed by atoms with Crippen molar-refractivity contribution in [2.75, 3.05) is 20.8 Å². The average Bonchev–Trinajstić information content (AvgIpc) is 2.77. The Morgan fingerprint density at radius 1 is 0.897 bits per heavy atom. The van der Waals surface area contributed by atoms with E-state index in [4.69, 9.17) is 14.2 Å². The fourth-order valence-corrected chi connectivity index (χ4v) is 2.76. The number of methoxy groups -OCH3 is 2. The highest BCUT2D eigenvalue weighted by Gasteiger charge is 2.15. The van der Waals surface area contributed by atoms with Crippen LogP contribution in [0.3, 0.4) is 0 Å². The minimum Gasteiger partial charge on any atom is -0.497 e. The molecule has 3 aromatic carbocycles. The quantitative estimate of drug-likeness (QED) is 0.317. The Kier molecular flexibility index (Phi) is 6.09. The zero-order valence-electron chi connectivity index (χ0n) is 16.0. The van der Waals surface area contributed by atoms with Crippen LogP contribution in [0.5, 0.6) is 17.2 Å². The van der Waals surface area contributed by atoms with Gasteiger partial charge in [0.15, 0.2) is 12.4 Å². The predicted molar refractivity (Wildman–Crippen MR) is 108 cm³/mol. The van der Waals surface area contributed by atoms with Gasteiger partial charge in [-0.1, -0.05) is 12.1 Å². The van der Waals surface area contributed by atoms with Crippen LogP contribution in [0.2, 0.25) is 0 Å². The van der Waals surface area contributed by atoms with Crippen LogP contribution in [0.1, 0.15) is 10.4 Å². The zero-order valence-corrected chi connectivity index (χ0v) is 16.0. The maximum atomic E-state index is 12.4. The Bertz CT molecular complexity index is 1010. The molecule has 0 aliphatic heterocycles. The second kappa shape index (κ2) is 8.88. The van der Waals surface area contributed by atoms with Crippen molar-refractivity contribution in [2.24, 2.45) is 0 Å². The standard InChI is InChI=1S/C22H19NO6/c1-27-18-8-3-15(4-9-18)20-13-17(23(25)26)7-12-22(20)29-14-21(24)16-5-10-19(28-2)11-6-16/h3-13H,14H2,1-2H3. The maximum Gasteiger partial charge on any atom is 0.270 e. The summed E-state index contributed by atoms with van der Waals surface area (Å²) in [5, 5.41) is 11.2. The van der Waals surface area contributed by atoms with Crippen molar-refractivity contribution in [3.05, 3.63) is 82.4 Å². The first kappa shape index (κ1) is 19.9. The van der Waals surface area contributed by atoms with Gasteiger partial charge in [-0.25, -0.2) is 0 Å². The van der Waals surface area contributed by atoms with Crippen molar-refractivity contribution >= 4 is 11.5 Å². The van der Waals surface area contributed by atoms with Gasteiger partial charge in [-0.05, 0) is 48.0 Å². The van der Waals surface area contributed by atoms with E-state index in [2.05, 4.69) is 0 Å². The number of carbonyl (C=O) groups is 1. The number of hydrogen-bond acceptors (Lipinski definition) is 6. The summed E-state index contributed by atoms with van der Waals surface area (Å²) in [7, 11) is 3.11. The lowest BCUT2D eigenvalue weighted by atomic mass is 10.0. The van der Waals surface area contributed by atoms with Gasteiger partial charge in [0, 0.05) is 23.3 Å². The molecule has 0 saturated heterocycles. The average molecular weight is 393 g/mol. The molecule has 0 N–H and O–H groups in total. The summed E-state index contributed by atoms with van der Waals surface area (Å²) >= 11 is 0. The predicted octanol–water partition coefficient (Wildman–Crippen LogP) is 4.54. The normalized spacial score (nSPS) is 10.3. The molecule has 3 rings (SSSR count). The number of rotatable bonds is 8. The van der Waals surface area contributed by atoms with Crippen LogP contribution in [0.4, 0.5) is 5.69 Å². The molecular weight excluding hydrogens is 374 g/mol. The summed E-state index contributed by atoms with van der Waals surface area (Å²) in [6.07, 6.45) is 0. The molecule has 0 aliphatic rings. The summed E-state index contributed by atoms with van der Waals surface area (Å²) in [4.78, 5) is 23.1. The Hall–Kier alpha value is -3.87. The van der Waals surface area contributed by atoms with Crippen molar-refractivity contribution in [3.63, 3.8) is 0 Å². The molecule has 0 aromatic heterocycles. The van der Waals surface area contributed by atoms with Crippen LogP contribution >= 0.6 is 0 Å². The van der Waals surface area contributed by atoms with Gasteiger partial charge < -0.3 is 14.2 Å². The maximum absolute atomic E-state index is 12.4. The second-order valence-electron chi connectivity index (χ2n) is 6.11. The molecule has 7 nitrogen and oxygen atoms in total. The third-order valence-corrected chi connectivity index (χ3v) is 4.35.